The second-order valence-corrected chi connectivity index (χ2v) is 6.51. The van der Waals surface area contributed by atoms with E-state index in [4.69, 9.17) is 4.74 Å². The minimum absolute atomic E-state index is 0.914. The molecule has 24 heavy (non-hydrogen) atoms. The van der Waals surface area contributed by atoms with Gasteiger partial charge in [0.15, 0.2) is 0 Å². The van der Waals surface area contributed by atoms with E-state index in [1.807, 2.05) is 18.3 Å². The Morgan fingerprint density at radius 3 is 2.38 bits per heavy atom. The van der Waals surface area contributed by atoms with Gasteiger partial charge in [-0.1, -0.05) is 24.3 Å². The Labute approximate surface area is 148 Å². The van der Waals surface area contributed by atoms with Crippen molar-refractivity contribution in [2.45, 2.75) is 4.90 Å². The lowest BCUT2D eigenvalue weighted by atomic mass is 10.2. The third-order valence-corrected chi connectivity index (χ3v) is 4.91. The van der Waals surface area contributed by atoms with Crippen LogP contribution in [0.2, 0.25) is 0 Å². The number of hydrogen-bond acceptors (Lipinski definition) is 5. The quantitative estimate of drug-likeness (QED) is 0.614. The van der Waals surface area contributed by atoms with Gasteiger partial charge in [0.1, 0.15) is 5.75 Å². The van der Waals surface area contributed by atoms with E-state index in [2.05, 4.69) is 57.7 Å². The van der Waals surface area contributed by atoms with Crippen molar-refractivity contribution in [2.75, 3.05) is 44.4 Å². The van der Waals surface area contributed by atoms with E-state index in [-0.39, 0.29) is 0 Å². The van der Waals surface area contributed by atoms with Crippen LogP contribution in [0.15, 0.2) is 58.5 Å². The predicted molar refractivity (Wildman–Crippen MR) is 103 cm³/mol. The lowest BCUT2D eigenvalue weighted by Gasteiger charge is -2.35. The summed E-state index contributed by atoms with van der Waals surface area (Å²) in [5.74, 6) is 0.934. The molecule has 1 fully saturated rings. The van der Waals surface area contributed by atoms with Crippen molar-refractivity contribution in [2.24, 2.45) is 5.10 Å². The number of benzene rings is 2. The molecule has 0 aliphatic carbocycles. The topological polar surface area (TPSA) is 28.1 Å². The van der Waals surface area contributed by atoms with Gasteiger partial charge in [-0.25, -0.2) is 0 Å². The standard InChI is InChI=1S/C19H23N3OS/c1-23-19-6-4-3-5-18(19)21-11-13-22(14-12-21)20-15-16-7-9-17(24-2)10-8-16/h3-10,15H,11-14H2,1-2H3/b20-15-. The van der Waals surface area contributed by atoms with E-state index in [1.54, 1.807) is 18.9 Å². The Hall–Kier alpha value is -2.14. The van der Waals surface area contributed by atoms with Crippen LogP contribution in [-0.4, -0.2) is 50.8 Å². The van der Waals surface area contributed by atoms with Gasteiger partial charge in [0.2, 0.25) is 0 Å². The number of piperazine rings is 1. The van der Waals surface area contributed by atoms with Gasteiger partial charge in [0, 0.05) is 18.0 Å². The second kappa shape index (κ2) is 8.11. The van der Waals surface area contributed by atoms with Crippen LogP contribution >= 0.6 is 11.8 Å². The molecule has 0 atom stereocenters. The van der Waals surface area contributed by atoms with Crippen molar-refractivity contribution in [3.05, 3.63) is 54.1 Å². The van der Waals surface area contributed by atoms with E-state index in [1.165, 1.54) is 4.90 Å². The van der Waals surface area contributed by atoms with Gasteiger partial charge in [-0.05, 0) is 36.1 Å². The molecule has 1 heterocycles. The number of nitrogens with zero attached hydrogens (tertiary/aromatic N) is 3. The highest BCUT2D eigenvalue weighted by atomic mass is 32.2. The molecule has 0 N–H and O–H groups in total. The first-order valence-corrected chi connectivity index (χ1v) is 9.33. The summed E-state index contributed by atoms with van der Waals surface area (Å²) in [7, 11) is 1.72. The molecule has 0 aromatic heterocycles. The van der Waals surface area contributed by atoms with Gasteiger partial charge in [0.05, 0.1) is 32.1 Å². The fourth-order valence-corrected chi connectivity index (χ4v) is 3.19. The third kappa shape index (κ3) is 4.03. The van der Waals surface area contributed by atoms with Crippen LogP contribution in [0, 0.1) is 0 Å². The van der Waals surface area contributed by atoms with Crippen molar-refractivity contribution >= 4 is 23.7 Å². The number of thioether (sulfide) groups is 1. The number of ether oxygens (including phenoxy) is 1. The summed E-state index contributed by atoms with van der Waals surface area (Å²) in [5.41, 5.74) is 2.30. The summed E-state index contributed by atoms with van der Waals surface area (Å²) in [6.45, 7) is 3.72. The molecular formula is C19H23N3OS. The van der Waals surface area contributed by atoms with Crippen molar-refractivity contribution in [3.8, 4) is 5.75 Å². The number of hydrogen-bond donors (Lipinski definition) is 0. The number of anilines is 1. The van der Waals surface area contributed by atoms with Crippen LogP contribution in [0.25, 0.3) is 0 Å². The molecule has 2 aromatic rings. The molecular weight excluding hydrogens is 318 g/mol. The molecule has 4 nitrogen and oxygen atoms in total. The number of rotatable bonds is 5. The zero-order chi connectivity index (χ0) is 16.8. The summed E-state index contributed by atoms with van der Waals surface area (Å²) in [5, 5.41) is 6.76. The van der Waals surface area contributed by atoms with Crippen LogP contribution in [0.1, 0.15) is 5.56 Å². The molecule has 5 heteroatoms. The maximum absolute atomic E-state index is 5.46. The van der Waals surface area contributed by atoms with Crippen molar-refractivity contribution in [1.29, 1.82) is 0 Å². The molecule has 2 aromatic carbocycles. The Morgan fingerprint density at radius 2 is 1.71 bits per heavy atom. The Kier molecular flexibility index (Phi) is 5.64. The average molecular weight is 341 g/mol. The Balaban J connectivity index is 1.57. The summed E-state index contributed by atoms with van der Waals surface area (Å²) in [4.78, 5) is 3.63. The maximum Gasteiger partial charge on any atom is 0.142 e. The second-order valence-electron chi connectivity index (χ2n) is 5.63. The van der Waals surface area contributed by atoms with Crippen molar-refractivity contribution in [3.63, 3.8) is 0 Å². The molecule has 1 aliphatic heterocycles. The Morgan fingerprint density at radius 1 is 1.00 bits per heavy atom. The first kappa shape index (κ1) is 16.7. The van der Waals surface area contributed by atoms with E-state index in [0.29, 0.717) is 0 Å². The van der Waals surface area contributed by atoms with Crippen LogP contribution in [-0.2, 0) is 0 Å². The summed E-state index contributed by atoms with van der Waals surface area (Å²) >= 11 is 1.75. The van der Waals surface area contributed by atoms with Gasteiger partial charge in [0.25, 0.3) is 0 Å². The monoisotopic (exact) mass is 341 g/mol. The number of hydrazone groups is 1. The van der Waals surface area contributed by atoms with E-state index >= 15 is 0 Å². The highest BCUT2D eigenvalue weighted by molar-refractivity contribution is 7.98. The van der Waals surface area contributed by atoms with Crippen molar-refractivity contribution < 1.29 is 4.74 Å². The Bertz CT molecular complexity index is 679. The fourth-order valence-electron chi connectivity index (χ4n) is 2.78. The zero-order valence-corrected chi connectivity index (χ0v) is 15.0. The molecule has 3 rings (SSSR count). The third-order valence-electron chi connectivity index (χ3n) is 4.17. The number of para-hydroxylation sites is 2. The highest BCUT2D eigenvalue weighted by Crippen LogP contribution is 2.28. The molecule has 1 aliphatic rings. The summed E-state index contributed by atoms with van der Waals surface area (Å²) in [6.07, 6.45) is 4.03. The normalized spacial score (nSPS) is 15.1. The number of methoxy groups -OCH3 is 1. The first-order chi connectivity index (χ1) is 11.8. The minimum Gasteiger partial charge on any atom is -0.495 e. The largest absolute Gasteiger partial charge is 0.495 e. The molecule has 126 valence electrons. The van der Waals surface area contributed by atoms with Gasteiger partial charge >= 0.3 is 0 Å². The maximum atomic E-state index is 5.46. The average Bonchev–Trinajstić information content (AvgIpc) is 2.67. The van der Waals surface area contributed by atoms with Crippen molar-refractivity contribution in [1.82, 2.24) is 5.01 Å². The SMILES string of the molecule is COc1ccccc1N1CCN(/N=C\c2ccc(SC)cc2)CC1. The van der Waals surface area contributed by atoms with Gasteiger partial charge < -0.3 is 9.64 Å². The molecule has 0 unspecified atom stereocenters. The minimum atomic E-state index is 0.914. The predicted octanol–water partition coefficient (Wildman–Crippen LogP) is 3.57. The summed E-state index contributed by atoms with van der Waals surface area (Å²) < 4.78 is 5.46. The van der Waals surface area contributed by atoms with Crippen LogP contribution in [0.5, 0.6) is 5.75 Å². The van der Waals surface area contributed by atoms with E-state index in [0.717, 1.165) is 43.2 Å². The molecule has 0 spiro atoms. The van der Waals surface area contributed by atoms with Gasteiger partial charge in [-0.3, -0.25) is 5.01 Å². The smallest absolute Gasteiger partial charge is 0.142 e. The van der Waals surface area contributed by atoms with Gasteiger partial charge in [-0.15, -0.1) is 11.8 Å². The molecule has 1 saturated heterocycles. The van der Waals surface area contributed by atoms with Gasteiger partial charge in [-0.2, -0.15) is 5.10 Å². The molecule has 0 bridgehead atoms. The van der Waals surface area contributed by atoms with Crippen LogP contribution in [0.4, 0.5) is 5.69 Å². The van der Waals surface area contributed by atoms with Crippen LogP contribution in [0.3, 0.4) is 0 Å². The molecule has 0 radical (unpaired) electrons. The zero-order valence-electron chi connectivity index (χ0n) is 14.2. The summed E-state index contributed by atoms with van der Waals surface area (Å²) in [6, 6.07) is 16.7. The lowest BCUT2D eigenvalue weighted by molar-refractivity contribution is 0.271. The van der Waals surface area contributed by atoms with E-state index < -0.39 is 0 Å². The highest BCUT2D eigenvalue weighted by Gasteiger charge is 2.18. The first-order valence-electron chi connectivity index (χ1n) is 8.11. The molecule has 0 saturated carbocycles. The van der Waals surface area contributed by atoms with Crippen LogP contribution < -0.4 is 9.64 Å². The molecule has 0 amide bonds. The fraction of sp³-hybridized carbons (Fsp3) is 0.316. The van der Waals surface area contributed by atoms with E-state index in [9.17, 15) is 0 Å². The lowest BCUT2D eigenvalue weighted by Crippen LogP contribution is -2.44.